The molecule has 5 nitrogen and oxygen atoms in total. The SMILES string of the molecule is CC(=O)NC1CCN(c2cc(C(C)N)ccn2)CC1. The van der Waals surface area contributed by atoms with E-state index in [9.17, 15) is 4.79 Å². The summed E-state index contributed by atoms with van der Waals surface area (Å²) in [5.74, 6) is 1.03. The summed E-state index contributed by atoms with van der Waals surface area (Å²) in [5, 5.41) is 2.98. The Hall–Kier alpha value is -1.62. The quantitative estimate of drug-likeness (QED) is 0.859. The molecule has 0 radical (unpaired) electrons. The van der Waals surface area contributed by atoms with Gasteiger partial charge in [-0.1, -0.05) is 0 Å². The summed E-state index contributed by atoms with van der Waals surface area (Å²) < 4.78 is 0. The van der Waals surface area contributed by atoms with E-state index < -0.39 is 0 Å². The van der Waals surface area contributed by atoms with Crippen LogP contribution in [0.2, 0.25) is 0 Å². The Labute approximate surface area is 114 Å². The Morgan fingerprint density at radius 2 is 2.21 bits per heavy atom. The van der Waals surface area contributed by atoms with Crippen molar-refractivity contribution in [3.05, 3.63) is 23.9 Å². The molecule has 1 aliphatic heterocycles. The number of amides is 1. The standard InChI is InChI=1S/C14H22N4O/c1-10(15)12-3-6-16-14(9-12)18-7-4-13(5-8-18)17-11(2)19/h3,6,9-10,13H,4-5,7-8,15H2,1-2H3,(H,17,19). The first-order valence-electron chi connectivity index (χ1n) is 6.80. The van der Waals surface area contributed by atoms with Crippen LogP contribution in [0.3, 0.4) is 0 Å². The zero-order valence-electron chi connectivity index (χ0n) is 11.6. The van der Waals surface area contributed by atoms with Crippen molar-refractivity contribution >= 4 is 11.7 Å². The van der Waals surface area contributed by atoms with E-state index in [1.165, 1.54) is 0 Å². The molecule has 1 atom stereocenters. The molecule has 1 aromatic heterocycles. The topological polar surface area (TPSA) is 71.2 Å². The lowest BCUT2D eigenvalue weighted by molar-refractivity contribution is -0.119. The number of carbonyl (C=O) groups excluding carboxylic acids is 1. The molecule has 5 heteroatoms. The molecule has 3 N–H and O–H groups in total. The number of nitrogens with zero attached hydrogens (tertiary/aromatic N) is 2. The molecule has 0 spiro atoms. The predicted molar refractivity (Wildman–Crippen MR) is 75.9 cm³/mol. The molecule has 1 aromatic rings. The van der Waals surface area contributed by atoms with Crippen molar-refractivity contribution in [2.24, 2.45) is 5.73 Å². The van der Waals surface area contributed by atoms with Crippen molar-refractivity contribution < 1.29 is 4.79 Å². The van der Waals surface area contributed by atoms with Crippen LogP contribution in [-0.2, 0) is 4.79 Å². The second-order valence-corrected chi connectivity index (χ2v) is 5.20. The van der Waals surface area contributed by atoms with E-state index in [0.717, 1.165) is 37.3 Å². The second-order valence-electron chi connectivity index (χ2n) is 5.20. The van der Waals surface area contributed by atoms with Gasteiger partial charge in [0.1, 0.15) is 5.82 Å². The third kappa shape index (κ3) is 3.67. The molecule has 2 rings (SSSR count). The zero-order chi connectivity index (χ0) is 13.8. The zero-order valence-corrected chi connectivity index (χ0v) is 11.6. The Morgan fingerprint density at radius 3 is 2.79 bits per heavy atom. The van der Waals surface area contributed by atoms with Gasteiger partial charge in [0.25, 0.3) is 0 Å². The molecule has 1 aliphatic rings. The van der Waals surface area contributed by atoms with Gasteiger partial charge in [-0.3, -0.25) is 4.79 Å². The third-order valence-corrected chi connectivity index (χ3v) is 3.52. The third-order valence-electron chi connectivity index (χ3n) is 3.52. The fourth-order valence-electron chi connectivity index (χ4n) is 2.43. The van der Waals surface area contributed by atoms with Crippen LogP contribution in [0.25, 0.3) is 0 Å². The fourth-order valence-corrected chi connectivity index (χ4v) is 2.43. The van der Waals surface area contributed by atoms with Gasteiger partial charge in [-0.25, -0.2) is 4.98 Å². The van der Waals surface area contributed by atoms with E-state index >= 15 is 0 Å². The van der Waals surface area contributed by atoms with Crippen LogP contribution in [0.5, 0.6) is 0 Å². The van der Waals surface area contributed by atoms with Crippen molar-refractivity contribution in [1.29, 1.82) is 0 Å². The number of anilines is 1. The highest BCUT2D eigenvalue weighted by atomic mass is 16.1. The van der Waals surface area contributed by atoms with Crippen LogP contribution in [0, 0.1) is 0 Å². The van der Waals surface area contributed by atoms with Crippen LogP contribution in [0.15, 0.2) is 18.3 Å². The molecular formula is C14H22N4O. The molecule has 0 aliphatic carbocycles. The summed E-state index contributed by atoms with van der Waals surface area (Å²) in [6.45, 7) is 5.38. The molecule has 104 valence electrons. The fraction of sp³-hybridized carbons (Fsp3) is 0.571. The van der Waals surface area contributed by atoms with E-state index in [2.05, 4.69) is 21.3 Å². The summed E-state index contributed by atoms with van der Waals surface area (Å²) in [6, 6.07) is 4.34. The number of hydrogen-bond donors (Lipinski definition) is 2. The van der Waals surface area contributed by atoms with E-state index in [0.29, 0.717) is 6.04 Å². The Bertz CT molecular complexity index is 439. The van der Waals surface area contributed by atoms with Crippen LogP contribution >= 0.6 is 0 Å². The number of nitrogens with one attached hydrogen (secondary N) is 1. The highest BCUT2D eigenvalue weighted by Crippen LogP contribution is 2.20. The van der Waals surface area contributed by atoms with Gasteiger partial charge in [0.15, 0.2) is 0 Å². The normalized spacial score (nSPS) is 18.2. The maximum absolute atomic E-state index is 11.0. The molecule has 0 bridgehead atoms. The number of aromatic nitrogens is 1. The molecule has 1 fully saturated rings. The van der Waals surface area contributed by atoms with E-state index in [1.54, 1.807) is 6.92 Å². The summed E-state index contributed by atoms with van der Waals surface area (Å²) in [5.41, 5.74) is 7.00. The van der Waals surface area contributed by atoms with Gasteiger partial charge in [-0.05, 0) is 37.5 Å². The lowest BCUT2D eigenvalue weighted by atomic mass is 10.0. The first-order chi connectivity index (χ1) is 9.06. The predicted octanol–water partition coefficient (Wildman–Crippen LogP) is 1.21. The van der Waals surface area contributed by atoms with Gasteiger partial charge in [0, 0.05) is 38.3 Å². The number of nitrogens with two attached hydrogens (primary N) is 1. The average Bonchev–Trinajstić information content (AvgIpc) is 2.39. The summed E-state index contributed by atoms with van der Waals surface area (Å²) in [6.07, 6.45) is 3.74. The number of piperidine rings is 1. The second kappa shape index (κ2) is 6.02. The minimum absolute atomic E-state index is 0.0265. The van der Waals surface area contributed by atoms with E-state index in [4.69, 9.17) is 5.73 Å². The summed E-state index contributed by atoms with van der Waals surface area (Å²) >= 11 is 0. The molecule has 0 aromatic carbocycles. The Morgan fingerprint density at radius 1 is 1.53 bits per heavy atom. The maximum Gasteiger partial charge on any atom is 0.217 e. The van der Waals surface area contributed by atoms with Crippen molar-refractivity contribution in [2.75, 3.05) is 18.0 Å². The highest BCUT2D eigenvalue weighted by molar-refractivity contribution is 5.73. The first-order valence-corrected chi connectivity index (χ1v) is 6.80. The number of pyridine rings is 1. The number of carbonyl (C=O) groups is 1. The van der Waals surface area contributed by atoms with Crippen molar-refractivity contribution in [3.63, 3.8) is 0 Å². The minimum atomic E-state index is 0.0265. The molecule has 2 heterocycles. The largest absolute Gasteiger partial charge is 0.356 e. The van der Waals surface area contributed by atoms with E-state index in [1.807, 2.05) is 19.2 Å². The van der Waals surface area contributed by atoms with Gasteiger partial charge in [-0.15, -0.1) is 0 Å². The number of hydrogen-bond acceptors (Lipinski definition) is 4. The maximum atomic E-state index is 11.0. The van der Waals surface area contributed by atoms with Crippen LogP contribution in [-0.4, -0.2) is 30.0 Å². The molecular weight excluding hydrogens is 240 g/mol. The van der Waals surface area contributed by atoms with Crippen molar-refractivity contribution in [2.45, 2.75) is 38.8 Å². The lowest BCUT2D eigenvalue weighted by Gasteiger charge is -2.33. The monoisotopic (exact) mass is 262 g/mol. The lowest BCUT2D eigenvalue weighted by Crippen LogP contribution is -2.44. The molecule has 1 saturated heterocycles. The van der Waals surface area contributed by atoms with Gasteiger partial charge >= 0.3 is 0 Å². The van der Waals surface area contributed by atoms with Crippen LogP contribution in [0.1, 0.15) is 38.3 Å². The van der Waals surface area contributed by atoms with Gasteiger partial charge < -0.3 is 16.0 Å². The van der Waals surface area contributed by atoms with E-state index in [-0.39, 0.29) is 11.9 Å². The summed E-state index contributed by atoms with van der Waals surface area (Å²) in [7, 11) is 0. The molecule has 1 unspecified atom stereocenters. The van der Waals surface area contributed by atoms with Crippen LogP contribution < -0.4 is 16.0 Å². The average molecular weight is 262 g/mol. The van der Waals surface area contributed by atoms with Crippen molar-refractivity contribution in [3.8, 4) is 0 Å². The first kappa shape index (κ1) is 13.8. The highest BCUT2D eigenvalue weighted by Gasteiger charge is 2.20. The van der Waals surface area contributed by atoms with Gasteiger partial charge in [0.2, 0.25) is 5.91 Å². The van der Waals surface area contributed by atoms with Gasteiger partial charge in [0.05, 0.1) is 0 Å². The smallest absolute Gasteiger partial charge is 0.217 e. The summed E-state index contributed by atoms with van der Waals surface area (Å²) in [4.78, 5) is 17.7. The Kier molecular flexibility index (Phi) is 4.37. The van der Waals surface area contributed by atoms with Gasteiger partial charge in [-0.2, -0.15) is 0 Å². The molecule has 1 amide bonds. The van der Waals surface area contributed by atoms with Crippen molar-refractivity contribution in [1.82, 2.24) is 10.3 Å². The molecule has 0 saturated carbocycles. The Balaban J connectivity index is 1.97. The number of rotatable bonds is 3. The molecule has 19 heavy (non-hydrogen) atoms. The minimum Gasteiger partial charge on any atom is -0.356 e. The van der Waals surface area contributed by atoms with Crippen LogP contribution in [0.4, 0.5) is 5.82 Å².